The number of rotatable bonds is 5. The van der Waals surface area contributed by atoms with E-state index >= 15 is 0 Å². The van der Waals surface area contributed by atoms with Crippen molar-refractivity contribution in [3.8, 4) is 5.75 Å². The van der Waals surface area contributed by atoms with Gasteiger partial charge in [-0.15, -0.1) is 0 Å². The summed E-state index contributed by atoms with van der Waals surface area (Å²) < 4.78 is 25.8. The second-order valence-corrected chi connectivity index (χ2v) is 9.05. The van der Waals surface area contributed by atoms with Gasteiger partial charge in [0.05, 0.1) is 17.8 Å². The summed E-state index contributed by atoms with van der Waals surface area (Å²) in [6, 6.07) is 5.24. The fourth-order valence-electron chi connectivity index (χ4n) is 4.50. The molecule has 0 bridgehead atoms. The van der Waals surface area contributed by atoms with Crippen LogP contribution >= 0.6 is 0 Å². The SMILES string of the molecule is CC(C)(O)COc1ccc(F)cc1C1CCN([C@@H]2COC3(CNC3)C2)CC1. The standard InChI is InChI=1S/C21H31FN2O3/c1-20(2,25)14-26-19-4-3-16(22)9-18(19)15-5-7-24(8-6-15)17-10-21(27-11-17)12-23-13-21/h3-4,9,15,17,23,25H,5-8,10-14H2,1-2H3/t17-/m0/s1. The molecule has 3 heterocycles. The molecule has 6 heteroatoms. The van der Waals surface area contributed by atoms with Crippen molar-refractivity contribution in [2.24, 2.45) is 0 Å². The lowest BCUT2D eigenvalue weighted by Crippen LogP contribution is -2.59. The van der Waals surface area contributed by atoms with Gasteiger partial charge in [-0.25, -0.2) is 4.39 Å². The molecule has 1 aromatic carbocycles. The van der Waals surface area contributed by atoms with Crippen LogP contribution in [0.25, 0.3) is 0 Å². The molecule has 0 radical (unpaired) electrons. The molecule has 0 saturated carbocycles. The fourth-order valence-corrected chi connectivity index (χ4v) is 4.50. The second kappa shape index (κ2) is 7.32. The van der Waals surface area contributed by atoms with Gasteiger partial charge >= 0.3 is 0 Å². The lowest BCUT2D eigenvalue weighted by atomic mass is 9.86. The van der Waals surface area contributed by atoms with Crippen LogP contribution in [0.1, 0.15) is 44.6 Å². The highest BCUT2D eigenvalue weighted by molar-refractivity contribution is 5.37. The molecule has 3 saturated heterocycles. The molecule has 150 valence electrons. The van der Waals surface area contributed by atoms with Gasteiger partial charge in [0.15, 0.2) is 0 Å². The number of benzene rings is 1. The normalized spacial score (nSPS) is 26.3. The number of aliphatic hydroxyl groups is 1. The molecule has 3 aliphatic rings. The largest absolute Gasteiger partial charge is 0.490 e. The van der Waals surface area contributed by atoms with Gasteiger partial charge in [0.25, 0.3) is 0 Å². The van der Waals surface area contributed by atoms with E-state index in [4.69, 9.17) is 9.47 Å². The highest BCUT2D eigenvalue weighted by Crippen LogP contribution is 2.38. The lowest BCUT2D eigenvalue weighted by molar-refractivity contribution is -0.0367. The first-order valence-electron chi connectivity index (χ1n) is 10.1. The molecule has 3 fully saturated rings. The van der Waals surface area contributed by atoms with Crippen LogP contribution in [0, 0.1) is 5.82 Å². The van der Waals surface area contributed by atoms with Gasteiger partial charge in [-0.2, -0.15) is 0 Å². The van der Waals surface area contributed by atoms with E-state index < -0.39 is 5.60 Å². The number of likely N-dealkylation sites (tertiary alicyclic amines) is 1. The van der Waals surface area contributed by atoms with E-state index in [1.807, 2.05) is 0 Å². The molecular weight excluding hydrogens is 347 g/mol. The molecule has 5 nitrogen and oxygen atoms in total. The van der Waals surface area contributed by atoms with E-state index in [1.165, 1.54) is 6.07 Å². The highest BCUT2D eigenvalue weighted by atomic mass is 19.1. The molecule has 4 rings (SSSR count). The Labute approximate surface area is 160 Å². The molecular formula is C21H31FN2O3. The van der Waals surface area contributed by atoms with Crippen LogP contribution in [0.5, 0.6) is 5.75 Å². The Hall–Kier alpha value is -1.21. The van der Waals surface area contributed by atoms with Crippen molar-refractivity contribution in [2.75, 3.05) is 39.4 Å². The minimum Gasteiger partial charge on any atom is -0.490 e. The summed E-state index contributed by atoms with van der Waals surface area (Å²) in [6.45, 7) is 8.40. The molecule has 1 spiro atoms. The number of ether oxygens (including phenoxy) is 2. The number of piperidine rings is 1. The smallest absolute Gasteiger partial charge is 0.123 e. The van der Waals surface area contributed by atoms with Crippen molar-refractivity contribution in [1.82, 2.24) is 10.2 Å². The van der Waals surface area contributed by atoms with E-state index in [0.717, 1.165) is 57.6 Å². The zero-order chi connectivity index (χ0) is 19.1. The van der Waals surface area contributed by atoms with Crippen LogP contribution in [0.3, 0.4) is 0 Å². The second-order valence-electron chi connectivity index (χ2n) is 9.05. The third-order valence-corrected chi connectivity index (χ3v) is 6.12. The molecule has 27 heavy (non-hydrogen) atoms. The summed E-state index contributed by atoms with van der Waals surface area (Å²) in [4.78, 5) is 2.54. The number of hydrogen-bond donors (Lipinski definition) is 2. The summed E-state index contributed by atoms with van der Waals surface area (Å²) >= 11 is 0. The summed E-state index contributed by atoms with van der Waals surface area (Å²) in [5.74, 6) is 0.753. The highest BCUT2D eigenvalue weighted by Gasteiger charge is 2.47. The van der Waals surface area contributed by atoms with Crippen molar-refractivity contribution >= 4 is 0 Å². The van der Waals surface area contributed by atoms with Gasteiger partial charge in [0.2, 0.25) is 0 Å². The number of nitrogens with one attached hydrogen (secondary N) is 1. The maximum Gasteiger partial charge on any atom is 0.123 e. The fraction of sp³-hybridized carbons (Fsp3) is 0.714. The van der Waals surface area contributed by atoms with Crippen molar-refractivity contribution in [2.45, 2.75) is 56.3 Å². The van der Waals surface area contributed by atoms with Crippen molar-refractivity contribution in [1.29, 1.82) is 0 Å². The van der Waals surface area contributed by atoms with Crippen molar-refractivity contribution in [3.05, 3.63) is 29.6 Å². The maximum absolute atomic E-state index is 13.9. The molecule has 3 aliphatic heterocycles. The third-order valence-electron chi connectivity index (χ3n) is 6.12. The summed E-state index contributed by atoms with van der Waals surface area (Å²) in [7, 11) is 0. The third kappa shape index (κ3) is 4.29. The Kier molecular flexibility index (Phi) is 5.18. The van der Waals surface area contributed by atoms with Gasteiger partial charge in [-0.1, -0.05) is 0 Å². The zero-order valence-corrected chi connectivity index (χ0v) is 16.3. The average Bonchev–Trinajstić information content (AvgIpc) is 3.06. The predicted molar refractivity (Wildman–Crippen MR) is 102 cm³/mol. The Morgan fingerprint density at radius 3 is 2.67 bits per heavy atom. The monoisotopic (exact) mass is 378 g/mol. The average molecular weight is 378 g/mol. The molecule has 1 aromatic rings. The molecule has 0 amide bonds. The maximum atomic E-state index is 13.9. The van der Waals surface area contributed by atoms with Gasteiger partial charge in [0.1, 0.15) is 18.2 Å². The van der Waals surface area contributed by atoms with Crippen LogP contribution in [-0.4, -0.2) is 66.6 Å². The zero-order valence-electron chi connectivity index (χ0n) is 16.3. The first kappa shape index (κ1) is 19.1. The van der Waals surface area contributed by atoms with Gasteiger partial charge in [-0.05, 0) is 70.3 Å². The summed E-state index contributed by atoms with van der Waals surface area (Å²) in [6.07, 6.45) is 3.10. The Bertz CT molecular complexity index is 664. The van der Waals surface area contributed by atoms with E-state index in [9.17, 15) is 9.50 Å². The first-order valence-corrected chi connectivity index (χ1v) is 10.1. The molecule has 0 aliphatic carbocycles. The molecule has 0 aromatic heterocycles. The molecule has 2 N–H and O–H groups in total. The minimum atomic E-state index is -0.913. The summed E-state index contributed by atoms with van der Waals surface area (Å²) in [5.41, 5.74) is 0.104. The van der Waals surface area contributed by atoms with Crippen LogP contribution in [-0.2, 0) is 4.74 Å². The van der Waals surface area contributed by atoms with Gasteiger partial charge in [-0.3, -0.25) is 4.90 Å². The van der Waals surface area contributed by atoms with Crippen LogP contribution < -0.4 is 10.1 Å². The number of hydrogen-bond acceptors (Lipinski definition) is 5. The van der Waals surface area contributed by atoms with Gasteiger partial charge < -0.3 is 19.9 Å². The Balaban J connectivity index is 1.38. The number of nitrogens with zero attached hydrogens (tertiary/aromatic N) is 1. The predicted octanol–water partition coefficient (Wildman–Crippen LogP) is 2.29. The van der Waals surface area contributed by atoms with E-state index in [1.54, 1.807) is 26.0 Å². The molecule has 0 unspecified atom stereocenters. The Morgan fingerprint density at radius 2 is 2.07 bits per heavy atom. The van der Waals surface area contributed by atoms with E-state index in [0.29, 0.717) is 11.8 Å². The van der Waals surface area contributed by atoms with Crippen LogP contribution in [0.4, 0.5) is 4.39 Å². The number of halogens is 1. The van der Waals surface area contributed by atoms with Crippen LogP contribution in [0.15, 0.2) is 18.2 Å². The van der Waals surface area contributed by atoms with E-state index in [2.05, 4.69) is 10.2 Å². The van der Waals surface area contributed by atoms with Gasteiger partial charge in [0, 0.05) is 24.7 Å². The molecule has 1 atom stereocenters. The Morgan fingerprint density at radius 1 is 1.33 bits per heavy atom. The summed E-state index contributed by atoms with van der Waals surface area (Å²) in [5, 5.41) is 13.3. The lowest BCUT2D eigenvalue weighted by Gasteiger charge is -2.40. The topological polar surface area (TPSA) is 54.0 Å². The van der Waals surface area contributed by atoms with Crippen molar-refractivity contribution in [3.63, 3.8) is 0 Å². The minimum absolute atomic E-state index is 0.0855. The van der Waals surface area contributed by atoms with E-state index in [-0.39, 0.29) is 23.9 Å². The quantitative estimate of drug-likeness (QED) is 0.823. The van der Waals surface area contributed by atoms with Crippen LogP contribution in [0.2, 0.25) is 0 Å². The van der Waals surface area contributed by atoms with Crippen molar-refractivity contribution < 1.29 is 19.0 Å². The first-order chi connectivity index (χ1) is 12.8.